The van der Waals surface area contributed by atoms with E-state index in [9.17, 15) is 13.6 Å². The van der Waals surface area contributed by atoms with Gasteiger partial charge < -0.3 is 14.8 Å². The largest absolute Gasteiger partial charge is 0.471 e. The topological polar surface area (TPSA) is 83.2 Å². The van der Waals surface area contributed by atoms with Gasteiger partial charge in [-0.15, -0.1) is 5.10 Å². The van der Waals surface area contributed by atoms with Crippen molar-refractivity contribution in [1.82, 2.24) is 19.6 Å². The molecule has 1 N–H and O–H groups in total. The molecule has 1 aliphatic rings. The van der Waals surface area contributed by atoms with Gasteiger partial charge in [-0.25, -0.2) is 13.5 Å². The van der Waals surface area contributed by atoms with Gasteiger partial charge in [-0.1, -0.05) is 6.92 Å². The van der Waals surface area contributed by atoms with Gasteiger partial charge in [0.25, 0.3) is 12.3 Å². The van der Waals surface area contributed by atoms with Gasteiger partial charge in [0.05, 0.1) is 17.8 Å². The van der Waals surface area contributed by atoms with Crippen LogP contribution in [0.4, 0.5) is 14.6 Å². The van der Waals surface area contributed by atoms with Gasteiger partial charge in [0.1, 0.15) is 17.6 Å². The molecule has 1 saturated heterocycles. The van der Waals surface area contributed by atoms with E-state index in [1.807, 2.05) is 26.8 Å². The molecular formula is C19H27F2N5O3. The van der Waals surface area contributed by atoms with Crippen LogP contribution in [0.15, 0.2) is 12.1 Å². The van der Waals surface area contributed by atoms with E-state index < -0.39 is 18.9 Å². The molecule has 10 heteroatoms. The minimum atomic E-state index is -2.62. The van der Waals surface area contributed by atoms with Crippen molar-refractivity contribution < 1.29 is 23.0 Å². The lowest BCUT2D eigenvalue weighted by atomic mass is 10.1. The number of hydrogen-bond donors (Lipinski definition) is 1. The maximum Gasteiger partial charge on any atom is 0.275 e. The van der Waals surface area contributed by atoms with Crippen LogP contribution in [-0.2, 0) is 17.3 Å². The highest BCUT2D eigenvalue weighted by atomic mass is 19.3. The molecule has 0 aromatic carbocycles. The van der Waals surface area contributed by atoms with Crippen molar-refractivity contribution in [3.05, 3.63) is 23.5 Å². The minimum absolute atomic E-state index is 0.0312. The number of nitrogens with one attached hydrogen (secondary N) is 1. The van der Waals surface area contributed by atoms with Crippen LogP contribution >= 0.6 is 0 Å². The Morgan fingerprint density at radius 1 is 1.38 bits per heavy atom. The van der Waals surface area contributed by atoms with Crippen LogP contribution in [0.25, 0.3) is 0 Å². The third kappa shape index (κ3) is 4.92. The highest BCUT2D eigenvalue weighted by Gasteiger charge is 2.29. The zero-order chi connectivity index (χ0) is 21.3. The van der Waals surface area contributed by atoms with Crippen molar-refractivity contribution in [2.45, 2.75) is 52.2 Å². The van der Waals surface area contributed by atoms with Gasteiger partial charge in [-0.05, 0) is 33.1 Å². The van der Waals surface area contributed by atoms with E-state index in [0.29, 0.717) is 18.3 Å². The van der Waals surface area contributed by atoms with E-state index in [1.54, 1.807) is 11.7 Å². The first-order valence-corrected chi connectivity index (χ1v) is 9.53. The highest BCUT2D eigenvalue weighted by Crippen LogP contribution is 2.34. The minimum Gasteiger partial charge on any atom is -0.471 e. The van der Waals surface area contributed by atoms with Gasteiger partial charge in [0, 0.05) is 19.2 Å². The molecule has 0 unspecified atom stereocenters. The number of hydrogen-bond acceptors (Lipinski definition) is 5. The second-order valence-corrected chi connectivity index (χ2v) is 8.35. The molecule has 0 saturated carbocycles. The Morgan fingerprint density at radius 2 is 2.10 bits per heavy atom. The molecule has 8 nitrogen and oxygen atoms in total. The zero-order valence-electron chi connectivity index (χ0n) is 17.3. The van der Waals surface area contributed by atoms with Gasteiger partial charge in [-0.3, -0.25) is 9.48 Å². The first kappa shape index (κ1) is 21.2. The molecule has 0 bridgehead atoms. The Balaban J connectivity index is 1.81. The summed E-state index contributed by atoms with van der Waals surface area (Å²) in [6.07, 6.45) is -1.84. The lowest BCUT2D eigenvalue weighted by molar-refractivity contribution is 0.0792. The third-order valence-corrected chi connectivity index (χ3v) is 4.58. The number of halogens is 2. The summed E-state index contributed by atoms with van der Waals surface area (Å²) >= 11 is 0. The van der Waals surface area contributed by atoms with Crippen molar-refractivity contribution in [3.63, 3.8) is 0 Å². The Bertz CT molecular complexity index is 872. The molecule has 29 heavy (non-hydrogen) atoms. The molecule has 160 valence electrons. The fourth-order valence-corrected chi connectivity index (χ4v) is 3.20. The lowest BCUT2D eigenvalue weighted by Crippen LogP contribution is -2.27. The Hall–Kier alpha value is -2.49. The number of anilines is 1. The second kappa shape index (κ2) is 8.10. The van der Waals surface area contributed by atoms with Crippen LogP contribution in [0.1, 0.15) is 56.4 Å². The van der Waals surface area contributed by atoms with Crippen LogP contribution in [0, 0.1) is 5.92 Å². The summed E-state index contributed by atoms with van der Waals surface area (Å²) in [4.78, 5) is 12.8. The zero-order valence-corrected chi connectivity index (χ0v) is 17.3. The summed E-state index contributed by atoms with van der Waals surface area (Å²) in [6, 6.07) is 3.15. The molecule has 0 aliphatic carbocycles. The number of nitrogens with zero attached hydrogens (tertiary/aromatic N) is 4. The number of rotatable bonds is 6. The number of ether oxygens (including phenoxy) is 2. The maximum absolute atomic E-state index is 12.8. The van der Waals surface area contributed by atoms with E-state index in [2.05, 4.69) is 22.4 Å². The van der Waals surface area contributed by atoms with Gasteiger partial charge in [0.15, 0.2) is 6.61 Å². The molecule has 2 aromatic rings. The molecule has 3 heterocycles. The molecular weight excluding hydrogens is 384 g/mol. The molecule has 1 aliphatic heterocycles. The quantitative estimate of drug-likeness (QED) is 0.788. The van der Waals surface area contributed by atoms with Crippen LogP contribution < -0.4 is 10.1 Å². The second-order valence-electron chi connectivity index (χ2n) is 8.35. The summed E-state index contributed by atoms with van der Waals surface area (Å²) in [6.45, 7) is 7.98. The SMILES string of the molecule is C[C@H]1CO[C@@H](c2cc(NC(=O)c3cc(OCC(F)F)nn3C)n(C(C)(C)C)n2)C1. The monoisotopic (exact) mass is 411 g/mol. The van der Waals surface area contributed by atoms with Crippen LogP contribution in [0.5, 0.6) is 5.88 Å². The van der Waals surface area contributed by atoms with Crippen molar-refractivity contribution in [1.29, 1.82) is 0 Å². The summed E-state index contributed by atoms with van der Waals surface area (Å²) < 4.78 is 38.4. The third-order valence-electron chi connectivity index (χ3n) is 4.58. The highest BCUT2D eigenvalue weighted by molar-refractivity contribution is 6.02. The fraction of sp³-hybridized carbons (Fsp3) is 0.632. The molecule has 0 radical (unpaired) electrons. The molecule has 2 atom stereocenters. The number of aromatic nitrogens is 4. The van der Waals surface area contributed by atoms with E-state index in [0.717, 1.165) is 12.1 Å². The van der Waals surface area contributed by atoms with E-state index in [-0.39, 0.29) is 23.2 Å². The maximum atomic E-state index is 12.8. The summed E-state index contributed by atoms with van der Waals surface area (Å²) in [7, 11) is 1.55. The van der Waals surface area contributed by atoms with E-state index in [4.69, 9.17) is 9.47 Å². The number of amides is 1. The first-order chi connectivity index (χ1) is 13.5. The number of aryl methyl sites for hydroxylation is 1. The van der Waals surface area contributed by atoms with E-state index >= 15 is 0 Å². The van der Waals surface area contributed by atoms with Gasteiger partial charge in [-0.2, -0.15) is 5.10 Å². The van der Waals surface area contributed by atoms with Gasteiger partial charge >= 0.3 is 0 Å². The summed E-state index contributed by atoms with van der Waals surface area (Å²) in [5, 5.41) is 11.5. The van der Waals surface area contributed by atoms with Crippen LogP contribution in [-0.4, -0.2) is 45.1 Å². The predicted octanol–water partition coefficient (Wildman–Crippen LogP) is 3.37. The standard InChI is InChI=1S/C19H27F2N5O3/c1-11-6-14(28-9-11)12-7-16(26(23-12)19(2,3)4)22-18(27)13-8-17(24-25(13)5)29-10-15(20)21/h7-8,11,14-15H,6,9-10H2,1-5H3,(H,22,27)/t11-,14-/m1/s1. The smallest absolute Gasteiger partial charge is 0.275 e. The molecule has 2 aromatic heterocycles. The fourth-order valence-electron chi connectivity index (χ4n) is 3.20. The molecule has 0 spiro atoms. The first-order valence-electron chi connectivity index (χ1n) is 9.53. The van der Waals surface area contributed by atoms with Gasteiger partial charge in [0.2, 0.25) is 5.88 Å². The van der Waals surface area contributed by atoms with Crippen LogP contribution in [0.2, 0.25) is 0 Å². The molecule has 3 rings (SSSR count). The Labute approximate surface area is 168 Å². The van der Waals surface area contributed by atoms with Crippen molar-refractivity contribution in [2.24, 2.45) is 13.0 Å². The average Bonchev–Trinajstić information content (AvgIpc) is 3.30. The van der Waals surface area contributed by atoms with Crippen LogP contribution in [0.3, 0.4) is 0 Å². The molecule has 1 fully saturated rings. The predicted molar refractivity (Wildman–Crippen MR) is 102 cm³/mol. The Morgan fingerprint density at radius 3 is 2.69 bits per heavy atom. The molecule has 1 amide bonds. The Kier molecular flexibility index (Phi) is 5.92. The lowest BCUT2D eigenvalue weighted by Gasteiger charge is -2.22. The van der Waals surface area contributed by atoms with Crippen molar-refractivity contribution >= 4 is 11.7 Å². The summed E-state index contributed by atoms with van der Waals surface area (Å²) in [5.74, 6) is 0.511. The number of carbonyl (C=O) groups excluding carboxylic acids is 1. The number of carbonyl (C=O) groups is 1. The summed E-state index contributed by atoms with van der Waals surface area (Å²) in [5.41, 5.74) is 0.581. The normalized spacial score (nSPS) is 19.7. The van der Waals surface area contributed by atoms with Crippen molar-refractivity contribution in [3.8, 4) is 5.88 Å². The van der Waals surface area contributed by atoms with Crippen molar-refractivity contribution in [2.75, 3.05) is 18.5 Å². The average molecular weight is 411 g/mol. The van der Waals surface area contributed by atoms with E-state index in [1.165, 1.54) is 10.7 Å². The number of alkyl halides is 2.